The normalized spacial score (nSPS) is 15.2. The van der Waals surface area contributed by atoms with E-state index in [1.807, 2.05) is 18.2 Å². The lowest BCUT2D eigenvalue weighted by molar-refractivity contribution is 0.0996. The Balaban J connectivity index is 1.86. The van der Waals surface area contributed by atoms with E-state index >= 15 is 0 Å². The van der Waals surface area contributed by atoms with Gasteiger partial charge in [-0.25, -0.2) is 13.1 Å². The van der Waals surface area contributed by atoms with Crippen molar-refractivity contribution in [2.75, 3.05) is 18.4 Å². The number of amides is 1. The van der Waals surface area contributed by atoms with Crippen molar-refractivity contribution in [1.29, 1.82) is 0 Å². The molecule has 0 saturated heterocycles. The molecule has 3 N–H and O–H groups in total. The maximum absolute atomic E-state index is 13.0. The molecule has 0 fully saturated rings. The van der Waals surface area contributed by atoms with Crippen LogP contribution in [0.4, 0.5) is 5.69 Å². The molecule has 3 aromatic rings. The molecular formula is C25H23N5O3S. The van der Waals surface area contributed by atoms with Crippen LogP contribution in [0.2, 0.25) is 0 Å². The van der Waals surface area contributed by atoms with E-state index in [1.54, 1.807) is 16.8 Å². The third-order valence-electron chi connectivity index (χ3n) is 5.55. The van der Waals surface area contributed by atoms with E-state index in [4.69, 9.17) is 18.6 Å². The molecule has 1 amide bonds. The first kappa shape index (κ1) is 23.1. The SMILES string of the molecule is C#CCN(CC#C)S(=O)(=O)c1ccc(-n2nc(C(N)=O)c3ccc4c(c32)C=CCC(C)N4)cc1. The molecule has 1 aliphatic heterocycles. The Hall–Kier alpha value is -4.05. The molecule has 0 radical (unpaired) electrons. The van der Waals surface area contributed by atoms with Crippen molar-refractivity contribution >= 4 is 38.6 Å². The summed E-state index contributed by atoms with van der Waals surface area (Å²) in [6.07, 6.45) is 15.5. The van der Waals surface area contributed by atoms with Crippen molar-refractivity contribution in [3.05, 3.63) is 53.7 Å². The van der Waals surface area contributed by atoms with Crippen molar-refractivity contribution in [3.63, 3.8) is 0 Å². The molecule has 1 aliphatic rings. The number of benzene rings is 2. The number of carbonyl (C=O) groups excluding carboxylic acids is 1. The van der Waals surface area contributed by atoms with Gasteiger partial charge in [-0.1, -0.05) is 24.0 Å². The minimum absolute atomic E-state index is 0.0440. The summed E-state index contributed by atoms with van der Waals surface area (Å²) >= 11 is 0. The molecule has 9 heteroatoms. The zero-order chi connectivity index (χ0) is 24.5. The van der Waals surface area contributed by atoms with E-state index < -0.39 is 15.9 Å². The lowest BCUT2D eigenvalue weighted by Gasteiger charge is -2.17. The van der Waals surface area contributed by atoms with Gasteiger partial charge >= 0.3 is 0 Å². The second kappa shape index (κ2) is 9.06. The fourth-order valence-electron chi connectivity index (χ4n) is 3.95. The summed E-state index contributed by atoms with van der Waals surface area (Å²) < 4.78 is 28.6. The Morgan fingerprint density at radius 3 is 2.50 bits per heavy atom. The van der Waals surface area contributed by atoms with Crippen LogP contribution >= 0.6 is 0 Å². The summed E-state index contributed by atoms with van der Waals surface area (Å²) in [5.74, 6) is 3.98. The number of terminal acetylenes is 2. The summed E-state index contributed by atoms with van der Waals surface area (Å²) in [5, 5.41) is 8.54. The van der Waals surface area contributed by atoms with E-state index in [9.17, 15) is 13.2 Å². The fraction of sp³-hybridized carbons (Fsp3) is 0.200. The van der Waals surface area contributed by atoms with Gasteiger partial charge in [-0.3, -0.25) is 4.79 Å². The van der Waals surface area contributed by atoms with Crippen molar-refractivity contribution in [2.24, 2.45) is 5.73 Å². The highest BCUT2D eigenvalue weighted by molar-refractivity contribution is 7.89. The zero-order valence-electron chi connectivity index (χ0n) is 18.5. The Kier molecular flexibility index (Phi) is 6.16. The largest absolute Gasteiger partial charge is 0.382 e. The predicted molar refractivity (Wildman–Crippen MR) is 133 cm³/mol. The number of nitrogens with zero attached hydrogens (tertiary/aromatic N) is 3. The first-order valence-corrected chi connectivity index (χ1v) is 12.0. The average Bonchev–Trinajstić information content (AvgIpc) is 3.10. The van der Waals surface area contributed by atoms with Crippen molar-refractivity contribution in [3.8, 4) is 30.4 Å². The number of rotatable bonds is 6. The van der Waals surface area contributed by atoms with Crippen LogP contribution in [0, 0.1) is 24.7 Å². The number of nitrogens with one attached hydrogen (secondary N) is 1. The lowest BCUT2D eigenvalue weighted by Crippen LogP contribution is -2.31. The smallest absolute Gasteiger partial charge is 0.269 e. The molecule has 0 bridgehead atoms. The first-order valence-electron chi connectivity index (χ1n) is 10.5. The maximum Gasteiger partial charge on any atom is 0.269 e. The minimum Gasteiger partial charge on any atom is -0.382 e. The molecule has 0 spiro atoms. The predicted octanol–water partition coefficient (Wildman–Crippen LogP) is 2.60. The topological polar surface area (TPSA) is 110 Å². The highest BCUT2D eigenvalue weighted by atomic mass is 32.2. The zero-order valence-corrected chi connectivity index (χ0v) is 19.3. The second-order valence-corrected chi connectivity index (χ2v) is 9.84. The molecule has 1 atom stereocenters. The van der Waals surface area contributed by atoms with Crippen LogP contribution in [0.25, 0.3) is 22.7 Å². The van der Waals surface area contributed by atoms with Crippen molar-refractivity contribution in [2.45, 2.75) is 24.3 Å². The monoisotopic (exact) mass is 473 g/mol. The Labute approximate surface area is 198 Å². The minimum atomic E-state index is -3.88. The third-order valence-corrected chi connectivity index (χ3v) is 7.35. The molecule has 172 valence electrons. The van der Waals surface area contributed by atoms with Gasteiger partial charge in [-0.15, -0.1) is 12.8 Å². The third kappa shape index (κ3) is 4.03. The highest BCUT2D eigenvalue weighted by Gasteiger charge is 2.24. The van der Waals surface area contributed by atoms with E-state index in [1.165, 1.54) is 12.1 Å². The number of primary amides is 1. The maximum atomic E-state index is 13.0. The summed E-state index contributed by atoms with van der Waals surface area (Å²) in [7, 11) is -3.88. The molecule has 1 aromatic heterocycles. The van der Waals surface area contributed by atoms with Gasteiger partial charge in [-0.05, 0) is 49.7 Å². The van der Waals surface area contributed by atoms with E-state index in [0.717, 1.165) is 22.0 Å². The molecular weight excluding hydrogens is 450 g/mol. The summed E-state index contributed by atoms with van der Waals surface area (Å²) in [6.45, 7) is 1.81. The van der Waals surface area contributed by atoms with Crippen LogP contribution in [0.15, 0.2) is 47.4 Å². The van der Waals surface area contributed by atoms with Gasteiger partial charge in [0.15, 0.2) is 5.69 Å². The molecule has 34 heavy (non-hydrogen) atoms. The highest BCUT2D eigenvalue weighted by Crippen LogP contribution is 2.34. The number of fused-ring (bicyclic) bond motifs is 3. The molecule has 1 unspecified atom stereocenters. The fourth-order valence-corrected chi connectivity index (χ4v) is 5.21. The summed E-state index contributed by atoms with van der Waals surface area (Å²) in [6, 6.07) is 10.1. The van der Waals surface area contributed by atoms with Gasteiger partial charge in [0.1, 0.15) is 0 Å². The van der Waals surface area contributed by atoms with Gasteiger partial charge in [0.05, 0.1) is 29.2 Å². The van der Waals surface area contributed by atoms with Gasteiger partial charge in [0.25, 0.3) is 5.91 Å². The van der Waals surface area contributed by atoms with Crippen LogP contribution in [-0.2, 0) is 10.0 Å². The number of aromatic nitrogens is 2. The quantitative estimate of drug-likeness (QED) is 0.535. The van der Waals surface area contributed by atoms with Gasteiger partial charge in [0, 0.05) is 22.7 Å². The van der Waals surface area contributed by atoms with E-state index in [2.05, 4.69) is 35.3 Å². The van der Waals surface area contributed by atoms with Crippen LogP contribution < -0.4 is 11.1 Å². The number of sulfonamides is 1. The Bertz CT molecular complexity index is 1470. The van der Waals surface area contributed by atoms with Crippen molar-refractivity contribution < 1.29 is 13.2 Å². The molecule has 0 aliphatic carbocycles. The number of carbonyl (C=O) groups is 1. The molecule has 2 aromatic carbocycles. The number of anilines is 1. The lowest BCUT2D eigenvalue weighted by atomic mass is 10.1. The second-order valence-electron chi connectivity index (χ2n) is 7.91. The van der Waals surface area contributed by atoms with Crippen LogP contribution in [0.1, 0.15) is 29.4 Å². The molecule has 8 nitrogen and oxygen atoms in total. The summed E-state index contributed by atoms with van der Waals surface area (Å²) in [5.41, 5.74) is 8.78. The van der Waals surface area contributed by atoms with E-state index in [0.29, 0.717) is 16.6 Å². The first-order chi connectivity index (χ1) is 16.3. The Morgan fingerprint density at radius 1 is 1.21 bits per heavy atom. The number of hydrogen-bond donors (Lipinski definition) is 2. The van der Waals surface area contributed by atoms with Gasteiger partial charge < -0.3 is 11.1 Å². The number of hydrogen-bond acceptors (Lipinski definition) is 5. The molecule has 2 heterocycles. The molecule has 0 saturated carbocycles. The van der Waals surface area contributed by atoms with Crippen LogP contribution in [0.5, 0.6) is 0 Å². The van der Waals surface area contributed by atoms with E-state index in [-0.39, 0.29) is 29.7 Å². The Morgan fingerprint density at radius 2 is 1.88 bits per heavy atom. The van der Waals surface area contributed by atoms with Crippen LogP contribution in [0.3, 0.4) is 0 Å². The van der Waals surface area contributed by atoms with Crippen LogP contribution in [-0.4, -0.2) is 47.5 Å². The average molecular weight is 474 g/mol. The standard InChI is InChI=1S/C25H23N5O3S/c1-4-15-29(16-5-2)34(32,33)19-11-9-18(10-12-19)30-24-20-8-6-7-17(3)27-22(20)14-13-21(24)23(28-30)25(26)31/h1-2,6,8-14,17,27H,7,15-16H2,3H3,(H2,26,31). The van der Waals surface area contributed by atoms with Gasteiger partial charge in [-0.2, -0.15) is 9.40 Å². The summed E-state index contributed by atoms with van der Waals surface area (Å²) in [4.78, 5) is 12.2. The van der Waals surface area contributed by atoms with Crippen molar-refractivity contribution in [1.82, 2.24) is 14.1 Å². The number of nitrogens with two attached hydrogens (primary N) is 1. The molecule has 4 rings (SSSR count). The van der Waals surface area contributed by atoms with Gasteiger partial charge in [0.2, 0.25) is 10.0 Å².